The number of carbonyl (C=O) groups excluding carboxylic acids is 5. The summed E-state index contributed by atoms with van der Waals surface area (Å²) in [5, 5.41) is 20.1. The Balaban J connectivity index is 0.657. The molecule has 3 aromatic heterocycles. The van der Waals surface area contributed by atoms with Gasteiger partial charge in [-0.25, -0.2) is 0 Å². The zero-order valence-electron chi connectivity index (χ0n) is 36.6. The summed E-state index contributed by atoms with van der Waals surface area (Å²) in [6.45, 7) is 9.24. The van der Waals surface area contributed by atoms with Crippen molar-refractivity contribution in [2.24, 2.45) is 10.4 Å². The molecule has 5 amide bonds. The van der Waals surface area contributed by atoms with Gasteiger partial charge in [0.2, 0.25) is 17.7 Å². The number of nitrogens with zero attached hydrogens (tertiary/aromatic N) is 7. The third kappa shape index (κ3) is 9.05. The van der Waals surface area contributed by atoms with Crippen molar-refractivity contribution in [2.75, 3.05) is 46.2 Å². The van der Waals surface area contributed by atoms with Crippen LogP contribution in [-0.4, -0.2) is 117 Å². The maximum absolute atomic E-state index is 13.6. The molecule has 1 saturated heterocycles. The normalized spacial score (nSPS) is 18.2. The number of carbonyl (C=O) groups is 5. The fraction of sp³-hybridized carbons (Fsp3) is 0.413. The first-order chi connectivity index (χ1) is 31.9. The minimum absolute atomic E-state index is 0.0730. The lowest BCUT2D eigenvalue weighted by Gasteiger charge is -2.32. The van der Waals surface area contributed by atoms with E-state index in [1.165, 1.54) is 17.1 Å². The number of aryl methyl sites for hydroxylation is 3. The number of aromatic nitrogens is 5. The number of fused-ring (bicyclic) bond motifs is 4. The van der Waals surface area contributed by atoms with Crippen molar-refractivity contribution in [1.29, 1.82) is 0 Å². The van der Waals surface area contributed by atoms with Crippen LogP contribution in [-0.2, 0) is 35.1 Å². The summed E-state index contributed by atoms with van der Waals surface area (Å²) in [4.78, 5) is 72.5. The molecule has 2 fully saturated rings. The molecule has 4 aliphatic rings. The van der Waals surface area contributed by atoms with Crippen molar-refractivity contribution in [3.63, 3.8) is 0 Å². The molecule has 20 heteroatoms. The van der Waals surface area contributed by atoms with Crippen LogP contribution in [0, 0.1) is 26.2 Å². The highest BCUT2D eigenvalue weighted by Crippen LogP contribution is 2.52. The number of halogens is 1. The van der Waals surface area contributed by atoms with Gasteiger partial charge in [0.25, 0.3) is 11.8 Å². The number of amides is 5. The molecular weight excluding hydrogens is 890 g/mol. The monoisotopic (exact) mass is 937 g/mol. The molecular formula is C46H48ClN9O9S. The Morgan fingerprint density at radius 2 is 1.67 bits per heavy atom. The van der Waals surface area contributed by atoms with Gasteiger partial charge < -0.3 is 24.3 Å². The van der Waals surface area contributed by atoms with Crippen LogP contribution in [0.2, 0.25) is 5.02 Å². The highest BCUT2D eigenvalue weighted by molar-refractivity contribution is 7.15. The van der Waals surface area contributed by atoms with E-state index in [0.717, 1.165) is 38.1 Å². The molecule has 1 spiro atoms. The van der Waals surface area contributed by atoms with Gasteiger partial charge in [0, 0.05) is 40.7 Å². The summed E-state index contributed by atoms with van der Waals surface area (Å²) < 4.78 is 26.8. The Morgan fingerprint density at radius 3 is 2.42 bits per heavy atom. The first kappa shape index (κ1) is 45.1. The first-order valence-corrected chi connectivity index (χ1v) is 23.0. The van der Waals surface area contributed by atoms with Crippen LogP contribution < -0.4 is 15.4 Å². The van der Waals surface area contributed by atoms with E-state index in [0.29, 0.717) is 88.6 Å². The molecule has 1 saturated carbocycles. The number of hydrogen-bond acceptors (Lipinski definition) is 14. The number of thiophene rings is 1. The Hall–Kier alpha value is -6.12. The van der Waals surface area contributed by atoms with E-state index >= 15 is 0 Å². The van der Waals surface area contributed by atoms with E-state index in [-0.39, 0.29) is 41.5 Å². The van der Waals surface area contributed by atoms with Crippen LogP contribution in [0.5, 0.6) is 11.5 Å². The molecule has 66 heavy (non-hydrogen) atoms. The van der Waals surface area contributed by atoms with Crippen molar-refractivity contribution in [1.82, 2.24) is 40.1 Å². The van der Waals surface area contributed by atoms with Crippen LogP contribution in [0.3, 0.4) is 0 Å². The van der Waals surface area contributed by atoms with Crippen molar-refractivity contribution < 1.29 is 42.9 Å². The molecule has 2 atom stereocenters. The SMILES string of the molecule is Cc1sc2c(c1C)C(c1ccc(Cl)cc1)=N[C@@H](CC(=O)NCCOCCOCCOCCCn1cc(Oc3cccc4c3C(=O)N(C3CC5(CC5)C(=O)NC3=O)C4=O)cn1)c1nnc(C)n1-2. The van der Waals surface area contributed by atoms with Crippen molar-refractivity contribution in [3.05, 3.63) is 104 Å². The van der Waals surface area contributed by atoms with E-state index in [1.54, 1.807) is 34.3 Å². The quantitative estimate of drug-likeness (QED) is 0.0806. The molecule has 344 valence electrons. The molecule has 0 radical (unpaired) electrons. The van der Waals surface area contributed by atoms with E-state index in [9.17, 15) is 24.0 Å². The summed E-state index contributed by atoms with van der Waals surface area (Å²) >= 11 is 7.88. The van der Waals surface area contributed by atoms with Crippen LogP contribution in [0.1, 0.15) is 92.1 Å². The number of piperidine rings is 1. The Morgan fingerprint density at radius 1 is 0.924 bits per heavy atom. The summed E-state index contributed by atoms with van der Waals surface area (Å²) in [5.41, 5.74) is 3.35. The van der Waals surface area contributed by atoms with Gasteiger partial charge in [-0.05, 0) is 76.3 Å². The lowest BCUT2D eigenvalue weighted by molar-refractivity contribution is -0.141. The second kappa shape index (κ2) is 19.0. The lowest BCUT2D eigenvalue weighted by Crippen LogP contribution is -2.58. The topological polar surface area (TPSA) is 210 Å². The zero-order valence-corrected chi connectivity index (χ0v) is 38.2. The third-order valence-electron chi connectivity index (χ3n) is 12.2. The number of hydrogen-bond donors (Lipinski definition) is 2. The van der Waals surface area contributed by atoms with E-state index < -0.39 is 35.2 Å². The Kier molecular flexibility index (Phi) is 13.0. The van der Waals surface area contributed by atoms with Crippen molar-refractivity contribution in [2.45, 2.75) is 71.5 Å². The average Bonchev–Trinajstić information content (AvgIpc) is 3.49. The second-order valence-electron chi connectivity index (χ2n) is 16.7. The van der Waals surface area contributed by atoms with Gasteiger partial charge >= 0.3 is 0 Å². The number of nitrogens with one attached hydrogen (secondary N) is 2. The summed E-state index contributed by atoms with van der Waals surface area (Å²) in [7, 11) is 0. The predicted molar refractivity (Wildman–Crippen MR) is 240 cm³/mol. The van der Waals surface area contributed by atoms with E-state index in [4.69, 9.17) is 35.5 Å². The highest BCUT2D eigenvalue weighted by Gasteiger charge is 2.59. The molecule has 2 aromatic carbocycles. The minimum Gasteiger partial charge on any atom is -0.453 e. The molecule has 6 heterocycles. The molecule has 1 aliphatic carbocycles. The third-order valence-corrected chi connectivity index (χ3v) is 13.7. The standard InChI is InChI=1S/C46H48ClN9O9S/c1-26-27(2)66-44-37(26)39(29-8-10-30(47)11-9-29)50-33(40-53-52-28(3)55(40)44)22-36(57)48-14-17-63-19-21-64-20-18-62-16-5-15-54-25-31(24-49-54)65-35-7-4-6-32-38(35)43(60)56(42(32)59)34-23-46(12-13-46)45(61)51-41(34)58/h4,6-11,24-25,33-34H,5,12-23H2,1-3H3,(H,48,57)(H,51,58,61)/t33-,34?/m0/s1. The molecule has 0 bridgehead atoms. The smallest absolute Gasteiger partial charge is 0.266 e. The van der Waals surface area contributed by atoms with Gasteiger partial charge in [0.05, 0.1) is 74.1 Å². The average molecular weight is 938 g/mol. The number of rotatable bonds is 19. The van der Waals surface area contributed by atoms with Crippen LogP contribution >= 0.6 is 22.9 Å². The molecule has 2 N–H and O–H groups in total. The minimum atomic E-state index is -1.06. The summed E-state index contributed by atoms with van der Waals surface area (Å²) in [6.07, 6.45) is 5.31. The largest absolute Gasteiger partial charge is 0.453 e. The Labute approximate surface area is 388 Å². The van der Waals surface area contributed by atoms with Crippen molar-refractivity contribution >= 4 is 58.2 Å². The Bertz CT molecular complexity index is 2740. The number of imide groups is 2. The van der Waals surface area contributed by atoms with Gasteiger partial charge in [-0.2, -0.15) is 5.10 Å². The summed E-state index contributed by atoms with van der Waals surface area (Å²) in [6, 6.07) is 10.7. The van der Waals surface area contributed by atoms with Crippen LogP contribution in [0.15, 0.2) is 59.9 Å². The second-order valence-corrected chi connectivity index (χ2v) is 18.3. The molecule has 5 aromatic rings. The fourth-order valence-electron chi connectivity index (χ4n) is 8.47. The molecule has 1 unspecified atom stereocenters. The lowest BCUT2D eigenvalue weighted by atomic mass is 9.90. The maximum Gasteiger partial charge on any atom is 0.266 e. The van der Waals surface area contributed by atoms with Gasteiger partial charge in [-0.1, -0.05) is 29.8 Å². The molecule has 3 aliphatic heterocycles. The van der Waals surface area contributed by atoms with Crippen molar-refractivity contribution in [3.8, 4) is 16.5 Å². The summed E-state index contributed by atoms with van der Waals surface area (Å²) in [5.74, 6) is -0.498. The maximum atomic E-state index is 13.6. The van der Waals surface area contributed by atoms with E-state index in [1.807, 2.05) is 35.8 Å². The van der Waals surface area contributed by atoms with Gasteiger partial charge in [-0.3, -0.25) is 48.4 Å². The first-order valence-electron chi connectivity index (χ1n) is 21.9. The predicted octanol–water partition coefficient (Wildman–Crippen LogP) is 5.23. The fourth-order valence-corrected chi connectivity index (χ4v) is 9.81. The number of aliphatic imine (C=N–C) groups is 1. The molecule has 18 nitrogen and oxygen atoms in total. The van der Waals surface area contributed by atoms with Gasteiger partial charge in [-0.15, -0.1) is 21.5 Å². The van der Waals surface area contributed by atoms with Gasteiger partial charge in [0.15, 0.2) is 11.6 Å². The van der Waals surface area contributed by atoms with Crippen LogP contribution in [0.4, 0.5) is 0 Å². The molecule has 9 rings (SSSR count). The number of ether oxygens (including phenoxy) is 4. The van der Waals surface area contributed by atoms with Gasteiger partial charge in [0.1, 0.15) is 28.7 Å². The van der Waals surface area contributed by atoms with E-state index in [2.05, 4.69) is 39.8 Å². The zero-order chi connectivity index (χ0) is 46.1. The number of benzene rings is 2. The van der Waals surface area contributed by atoms with Crippen LogP contribution in [0.25, 0.3) is 5.00 Å². The highest BCUT2D eigenvalue weighted by atomic mass is 35.5.